The van der Waals surface area contributed by atoms with Gasteiger partial charge in [-0.05, 0) is 30.7 Å². The number of hydrogen-bond acceptors (Lipinski definition) is 3. The second-order valence-corrected chi connectivity index (χ2v) is 4.58. The first-order valence-corrected chi connectivity index (χ1v) is 6.75. The Hall–Kier alpha value is -2.58. The monoisotopic (exact) mass is 282 g/mol. The van der Waals surface area contributed by atoms with E-state index in [1.54, 1.807) is 23.1 Å². The number of nitrogens with one attached hydrogen (secondary N) is 1. The fourth-order valence-corrected chi connectivity index (χ4v) is 1.83. The highest BCUT2D eigenvalue weighted by Crippen LogP contribution is 2.06. The van der Waals surface area contributed by atoms with Crippen molar-refractivity contribution in [3.05, 3.63) is 53.9 Å². The molecule has 0 aliphatic rings. The second-order valence-electron chi connectivity index (χ2n) is 4.58. The average Bonchev–Trinajstić information content (AvgIpc) is 3.05. The van der Waals surface area contributed by atoms with Crippen molar-refractivity contribution in [2.24, 2.45) is 5.73 Å². The summed E-state index contributed by atoms with van der Waals surface area (Å²) in [5.74, 6) is 5.70. The maximum atomic E-state index is 12.0. The highest BCUT2D eigenvalue weighted by Gasteiger charge is 2.13. The van der Waals surface area contributed by atoms with Crippen molar-refractivity contribution >= 4 is 5.91 Å². The van der Waals surface area contributed by atoms with Crippen molar-refractivity contribution < 1.29 is 4.79 Å². The van der Waals surface area contributed by atoms with Crippen LogP contribution in [-0.4, -0.2) is 22.2 Å². The summed E-state index contributed by atoms with van der Waals surface area (Å²) in [4.78, 5) is 12.0. The van der Waals surface area contributed by atoms with Crippen LogP contribution >= 0.6 is 0 Å². The minimum absolute atomic E-state index is 0.0642. The number of aromatic nitrogens is 2. The molecule has 21 heavy (non-hydrogen) atoms. The molecule has 1 aromatic heterocycles. The highest BCUT2D eigenvalue weighted by molar-refractivity contribution is 5.79. The lowest BCUT2D eigenvalue weighted by Gasteiger charge is -2.12. The average molecular weight is 282 g/mol. The normalized spacial score (nSPS) is 11.3. The van der Waals surface area contributed by atoms with E-state index in [2.05, 4.69) is 22.3 Å². The van der Waals surface area contributed by atoms with Crippen LogP contribution in [0.1, 0.15) is 24.1 Å². The Morgan fingerprint density at radius 3 is 2.81 bits per heavy atom. The van der Waals surface area contributed by atoms with Crippen molar-refractivity contribution in [1.82, 2.24) is 15.1 Å². The largest absolute Gasteiger partial charge is 0.350 e. The summed E-state index contributed by atoms with van der Waals surface area (Å²) in [6, 6.07) is 9.20. The van der Waals surface area contributed by atoms with E-state index >= 15 is 0 Å². The number of nitrogens with two attached hydrogens (primary N) is 1. The summed E-state index contributed by atoms with van der Waals surface area (Å²) < 4.78 is 1.63. The van der Waals surface area contributed by atoms with E-state index < -0.39 is 0 Å². The first kappa shape index (κ1) is 14.8. The first-order chi connectivity index (χ1) is 10.2. The Balaban J connectivity index is 1.89. The molecular weight excluding hydrogens is 264 g/mol. The Bertz CT molecular complexity index is 635. The zero-order valence-electron chi connectivity index (χ0n) is 11.9. The predicted molar refractivity (Wildman–Crippen MR) is 81.2 cm³/mol. The summed E-state index contributed by atoms with van der Waals surface area (Å²) in [5, 5.41) is 6.96. The Morgan fingerprint density at radius 1 is 1.43 bits per heavy atom. The molecule has 0 aliphatic carbocycles. The molecule has 2 aromatic rings. The standard InChI is InChI=1S/C16H18N4O/c1-13(20-11-3-10-19-20)16(21)18-12-15-7-5-14(6-8-15)4-2-9-17/h3,5-8,10-11,13H,9,12,17H2,1H3,(H,18,21). The van der Waals surface area contributed by atoms with Gasteiger partial charge in [-0.15, -0.1) is 0 Å². The maximum Gasteiger partial charge on any atom is 0.244 e. The van der Waals surface area contributed by atoms with Crippen molar-refractivity contribution in [2.45, 2.75) is 19.5 Å². The zero-order valence-corrected chi connectivity index (χ0v) is 11.9. The van der Waals surface area contributed by atoms with Crippen LogP contribution in [0.3, 0.4) is 0 Å². The summed E-state index contributed by atoms with van der Waals surface area (Å²) >= 11 is 0. The van der Waals surface area contributed by atoms with Gasteiger partial charge < -0.3 is 11.1 Å². The van der Waals surface area contributed by atoms with Gasteiger partial charge in [0.25, 0.3) is 0 Å². The Morgan fingerprint density at radius 2 is 2.19 bits per heavy atom. The summed E-state index contributed by atoms with van der Waals surface area (Å²) in [6.45, 7) is 2.64. The van der Waals surface area contributed by atoms with E-state index in [9.17, 15) is 4.79 Å². The molecule has 0 aliphatic heterocycles. The van der Waals surface area contributed by atoms with Crippen LogP contribution in [0.5, 0.6) is 0 Å². The third kappa shape index (κ3) is 4.20. The van der Waals surface area contributed by atoms with Crippen LogP contribution in [-0.2, 0) is 11.3 Å². The molecule has 0 fully saturated rings. The van der Waals surface area contributed by atoms with E-state index in [1.807, 2.05) is 31.2 Å². The molecule has 0 saturated carbocycles. The van der Waals surface area contributed by atoms with Gasteiger partial charge in [-0.2, -0.15) is 5.10 Å². The lowest BCUT2D eigenvalue weighted by atomic mass is 10.1. The van der Waals surface area contributed by atoms with E-state index in [4.69, 9.17) is 5.73 Å². The van der Waals surface area contributed by atoms with Crippen LogP contribution in [0.2, 0.25) is 0 Å². The highest BCUT2D eigenvalue weighted by atomic mass is 16.2. The zero-order chi connectivity index (χ0) is 15.1. The van der Waals surface area contributed by atoms with Crippen LogP contribution in [0.25, 0.3) is 0 Å². The van der Waals surface area contributed by atoms with Crippen LogP contribution in [0, 0.1) is 11.8 Å². The van der Waals surface area contributed by atoms with Gasteiger partial charge >= 0.3 is 0 Å². The van der Waals surface area contributed by atoms with Gasteiger partial charge in [0.05, 0.1) is 6.54 Å². The smallest absolute Gasteiger partial charge is 0.244 e. The lowest BCUT2D eigenvalue weighted by molar-refractivity contribution is -0.124. The molecule has 1 unspecified atom stereocenters. The number of benzene rings is 1. The van der Waals surface area contributed by atoms with E-state index in [0.717, 1.165) is 11.1 Å². The third-order valence-corrected chi connectivity index (χ3v) is 3.06. The van der Waals surface area contributed by atoms with Gasteiger partial charge in [-0.3, -0.25) is 9.48 Å². The van der Waals surface area contributed by atoms with Crippen molar-refractivity contribution in [3.8, 4) is 11.8 Å². The van der Waals surface area contributed by atoms with Crippen LogP contribution in [0.15, 0.2) is 42.7 Å². The molecule has 3 N–H and O–H groups in total. The third-order valence-electron chi connectivity index (χ3n) is 3.06. The fourth-order valence-electron chi connectivity index (χ4n) is 1.83. The summed E-state index contributed by atoms with van der Waals surface area (Å²) in [7, 11) is 0. The Labute approximate surface area is 124 Å². The lowest BCUT2D eigenvalue weighted by Crippen LogP contribution is -2.30. The molecule has 1 heterocycles. The number of carbonyl (C=O) groups is 1. The van der Waals surface area contributed by atoms with Crippen molar-refractivity contribution in [1.29, 1.82) is 0 Å². The Kier molecular flexibility index (Phi) is 5.13. The number of carbonyl (C=O) groups excluding carboxylic acids is 1. The SMILES string of the molecule is CC(C(=O)NCc1ccc(C#CCN)cc1)n1cccn1. The number of hydrogen-bond donors (Lipinski definition) is 2. The fraction of sp³-hybridized carbons (Fsp3) is 0.250. The molecule has 2 rings (SSSR count). The first-order valence-electron chi connectivity index (χ1n) is 6.75. The molecule has 1 amide bonds. The summed E-state index contributed by atoms with van der Waals surface area (Å²) in [5.41, 5.74) is 7.27. The molecule has 0 spiro atoms. The van der Waals surface area contributed by atoms with E-state index in [0.29, 0.717) is 13.1 Å². The minimum Gasteiger partial charge on any atom is -0.350 e. The maximum absolute atomic E-state index is 12.0. The minimum atomic E-state index is -0.324. The quantitative estimate of drug-likeness (QED) is 0.824. The molecule has 1 atom stereocenters. The molecule has 1 aromatic carbocycles. The van der Waals surface area contributed by atoms with Crippen molar-refractivity contribution in [3.63, 3.8) is 0 Å². The number of rotatable bonds is 4. The molecule has 0 saturated heterocycles. The topological polar surface area (TPSA) is 72.9 Å². The van der Waals surface area contributed by atoms with Crippen LogP contribution in [0.4, 0.5) is 0 Å². The number of amides is 1. The molecule has 5 heteroatoms. The summed E-state index contributed by atoms with van der Waals surface area (Å²) in [6.07, 6.45) is 3.43. The molecule has 108 valence electrons. The van der Waals surface area contributed by atoms with E-state index in [-0.39, 0.29) is 11.9 Å². The molecular formula is C16H18N4O. The van der Waals surface area contributed by atoms with Gasteiger partial charge in [-0.1, -0.05) is 24.0 Å². The molecule has 5 nitrogen and oxygen atoms in total. The van der Waals surface area contributed by atoms with E-state index in [1.165, 1.54) is 0 Å². The van der Waals surface area contributed by atoms with Gasteiger partial charge in [0.15, 0.2) is 0 Å². The van der Waals surface area contributed by atoms with Crippen molar-refractivity contribution in [2.75, 3.05) is 6.54 Å². The van der Waals surface area contributed by atoms with Gasteiger partial charge in [0.2, 0.25) is 5.91 Å². The second kappa shape index (κ2) is 7.27. The number of nitrogens with zero attached hydrogens (tertiary/aromatic N) is 2. The van der Waals surface area contributed by atoms with Crippen LogP contribution < -0.4 is 11.1 Å². The van der Waals surface area contributed by atoms with Gasteiger partial charge in [-0.25, -0.2) is 0 Å². The molecule has 0 bridgehead atoms. The van der Waals surface area contributed by atoms with Gasteiger partial charge in [0, 0.05) is 24.5 Å². The molecule has 0 radical (unpaired) electrons. The predicted octanol–water partition coefficient (Wildman–Crippen LogP) is 1.07. The van der Waals surface area contributed by atoms with Gasteiger partial charge in [0.1, 0.15) is 6.04 Å².